The molecule has 0 bridgehead atoms. The highest BCUT2D eigenvalue weighted by Gasteiger charge is 2.25. The number of nitrogens with one attached hydrogen (secondary N) is 1. The first-order chi connectivity index (χ1) is 6.09. The predicted octanol–water partition coefficient (Wildman–Crippen LogP) is 1.16. The lowest BCUT2D eigenvalue weighted by Gasteiger charge is -2.31. The van der Waals surface area contributed by atoms with Crippen LogP contribution in [-0.2, 0) is 0 Å². The van der Waals surface area contributed by atoms with E-state index < -0.39 is 6.09 Å². The zero-order chi connectivity index (χ0) is 9.84. The molecule has 1 aliphatic rings. The average molecular weight is 186 g/mol. The van der Waals surface area contributed by atoms with Crippen LogP contribution in [0.4, 0.5) is 4.79 Å². The van der Waals surface area contributed by atoms with Crippen LogP contribution in [-0.4, -0.2) is 23.3 Å². The summed E-state index contributed by atoms with van der Waals surface area (Å²) in [5.74, 6) is 0.477. The van der Waals surface area contributed by atoms with E-state index in [1.807, 2.05) is 6.92 Å². The molecule has 1 saturated carbocycles. The van der Waals surface area contributed by atoms with Gasteiger partial charge in [0.15, 0.2) is 0 Å². The van der Waals surface area contributed by atoms with E-state index in [-0.39, 0.29) is 12.1 Å². The monoisotopic (exact) mass is 186 g/mol. The summed E-state index contributed by atoms with van der Waals surface area (Å²) in [5, 5.41) is 11.1. The Labute approximate surface area is 78.5 Å². The summed E-state index contributed by atoms with van der Waals surface area (Å²) < 4.78 is 0. The van der Waals surface area contributed by atoms with Gasteiger partial charge >= 0.3 is 6.09 Å². The maximum Gasteiger partial charge on any atom is 0.404 e. The lowest BCUT2D eigenvalue weighted by molar-refractivity contribution is 0.179. The summed E-state index contributed by atoms with van der Waals surface area (Å²) in [7, 11) is 0. The van der Waals surface area contributed by atoms with Gasteiger partial charge in [0.25, 0.3) is 0 Å². The Kier molecular flexibility index (Phi) is 3.54. The van der Waals surface area contributed by atoms with Crippen LogP contribution in [0, 0.1) is 5.92 Å². The fourth-order valence-corrected chi connectivity index (χ4v) is 2.01. The second-order valence-electron chi connectivity index (χ2n) is 3.93. The van der Waals surface area contributed by atoms with Crippen LogP contribution < -0.4 is 11.1 Å². The number of carbonyl (C=O) groups is 1. The van der Waals surface area contributed by atoms with Gasteiger partial charge in [0.1, 0.15) is 0 Å². The van der Waals surface area contributed by atoms with Gasteiger partial charge in [-0.25, -0.2) is 4.79 Å². The minimum atomic E-state index is -0.921. The van der Waals surface area contributed by atoms with E-state index in [2.05, 4.69) is 5.32 Å². The van der Waals surface area contributed by atoms with Crippen molar-refractivity contribution in [2.45, 2.75) is 44.7 Å². The van der Waals surface area contributed by atoms with Crippen LogP contribution >= 0.6 is 0 Å². The molecule has 4 nitrogen and oxygen atoms in total. The molecule has 4 N–H and O–H groups in total. The molecular formula is C9H18N2O2. The van der Waals surface area contributed by atoms with Gasteiger partial charge in [0.05, 0.1) is 0 Å². The molecule has 3 atom stereocenters. The summed E-state index contributed by atoms with van der Waals surface area (Å²) in [6.45, 7) is 1.99. The maximum atomic E-state index is 10.4. The molecule has 0 heterocycles. The minimum absolute atomic E-state index is 0.113. The van der Waals surface area contributed by atoms with Crippen molar-refractivity contribution in [3.05, 3.63) is 0 Å². The lowest BCUT2D eigenvalue weighted by atomic mass is 9.82. The Bertz CT molecular complexity index is 182. The molecule has 1 rings (SSSR count). The third-order valence-corrected chi connectivity index (χ3v) is 2.79. The Morgan fingerprint density at radius 2 is 2.31 bits per heavy atom. The lowest BCUT2D eigenvalue weighted by Crippen LogP contribution is -2.41. The number of rotatable bonds is 2. The topological polar surface area (TPSA) is 75.3 Å². The van der Waals surface area contributed by atoms with E-state index in [0.717, 1.165) is 25.7 Å². The molecule has 76 valence electrons. The molecule has 1 fully saturated rings. The molecule has 0 saturated heterocycles. The minimum Gasteiger partial charge on any atom is -0.465 e. The molecule has 13 heavy (non-hydrogen) atoms. The first kappa shape index (κ1) is 10.3. The molecule has 0 aromatic heterocycles. The smallest absolute Gasteiger partial charge is 0.404 e. The van der Waals surface area contributed by atoms with Crippen LogP contribution in [0.2, 0.25) is 0 Å². The largest absolute Gasteiger partial charge is 0.465 e. The van der Waals surface area contributed by atoms with Crippen LogP contribution in [0.3, 0.4) is 0 Å². The number of hydrogen-bond acceptors (Lipinski definition) is 2. The highest BCUT2D eigenvalue weighted by Crippen LogP contribution is 2.25. The van der Waals surface area contributed by atoms with Crippen molar-refractivity contribution in [1.82, 2.24) is 5.32 Å². The molecule has 0 aromatic carbocycles. The molecule has 1 aliphatic carbocycles. The molecule has 0 radical (unpaired) electrons. The highest BCUT2D eigenvalue weighted by atomic mass is 16.4. The van der Waals surface area contributed by atoms with Crippen molar-refractivity contribution < 1.29 is 9.90 Å². The van der Waals surface area contributed by atoms with Gasteiger partial charge in [-0.3, -0.25) is 0 Å². The van der Waals surface area contributed by atoms with Crippen molar-refractivity contribution >= 4 is 6.09 Å². The second-order valence-corrected chi connectivity index (χ2v) is 3.93. The standard InChI is InChI=1S/C9H18N2O2/c1-6(10)7-3-2-4-8(5-7)11-9(12)13/h6-8,11H,2-5,10H2,1H3,(H,12,13)/t6?,7-,8+/m0/s1. The molecule has 1 unspecified atom stereocenters. The number of hydrogen-bond donors (Lipinski definition) is 3. The van der Waals surface area contributed by atoms with Crippen molar-refractivity contribution in [3.8, 4) is 0 Å². The number of carboxylic acid groups (broad SMARTS) is 1. The Morgan fingerprint density at radius 1 is 1.62 bits per heavy atom. The van der Waals surface area contributed by atoms with Gasteiger partial charge < -0.3 is 16.2 Å². The van der Waals surface area contributed by atoms with E-state index in [0.29, 0.717) is 5.92 Å². The first-order valence-electron chi connectivity index (χ1n) is 4.84. The van der Waals surface area contributed by atoms with Gasteiger partial charge in [0, 0.05) is 12.1 Å². The Hall–Kier alpha value is -0.770. The van der Waals surface area contributed by atoms with Crippen molar-refractivity contribution in [3.63, 3.8) is 0 Å². The predicted molar refractivity (Wildman–Crippen MR) is 50.6 cm³/mol. The third-order valence-electron chi connectivity index (χ3n) is 2.79. The molecule has 0 aromatic rings. The maximum absolute atomic E-state index is 10.4. The zero-order valence-electron chi connectivity index (χ0n) is 7.99. The van der Waals surface area contributed by atoms with E-state index in [1.165, 1.54) is 0 Å². The molecule has 0 spiro atoms. The van der Waals surface area contributed by atoms with Gasteiger partial charge in [-0.15, -0.1) is 0 Å². The molecular weight excluding hydrogens is 168 g/mol. The van der Waals surface area contributed by atoms with Gasteiger partial charge in [-0.1, -0.05) is 6.42 Å². The fourth-order valence-electron chi connectivity index (χ4n) is 2.01. The van der Waals surface area contributed by atoms with Crippen LogP contribution in [0.25, 0.3) is 0 Å². The Morgan fingerprint density at radius 3 is 2.85 bits per heavy atom. The number of nitrogens with two attached hydrogens (primary N) is 1. The van der Waals surface area contributed by atoms with Gasteiger partial charge in [-0.05, 0) is 32.1 Å². The quantitative estimate of drug-likeness (QED) is 0.605. The van der Waals surface area contributed by atoms with Gasteiger partial charge in [0.2, 0.25) is 0 Å². The van der Waals surface area contributed by atoms with Crippen LogP contribution in [0.1, 0.15) is 32.6 Å². The SMILES string of the molecule is CC(N)[C@H]1CCC[C@@H](NC(=O)O)C1. The number of amides is 1. The summed E-state index contributed by atoms with van der Waals surface area (Å²) in [6.07, 6.45) is 3.14. The summed E-state index contributed by atoms with van der Waals surface area (Å²) >= 11 is 0. The van der Waals surface area contributed by atoms with E-state index in [9.17, 15) is 4.79 Å². The first-order valence-corrected chi connectivity index (χ1v) is 4.84. The summed E-state index contributed by atoms with van der Waals surface area (Å²) in [5.41, 5.74) is 5.78. The average Bonchev–Trinajstić information content (AvgIpc) is 2.03. The van der Waals surface area contributed by atoms with Crippen molar-refractivity contribution in [2.24, 2.45) is 11.7 Å². The summed E-state index contributed by atoms with van der Waals surface area (Å²) in [6, 6.07) is 0.292. The van der Waals surface area contributed by atoms with Crippen molar-refractivity contribution in [2.75, 3.05) is 0 Å². The molecule has 4 heteroatoms. The normalized spacial score (nSPS) is 30.9. The van der Waals surface area contributed by atoms with E-state index >= 15 is 0 Å². The zero-order valence-corrected chi connectivity index (χ0v) is 7.99. The third kappa shape index (κ3) is 3.22. The summed E-state index contributed by atoms with van der Waals surface area (Å²) in [4.78, 5) is 10.4. The van der Waals surface area contributed by atoms with Crippen LogP contribution in [0.5, 0.6) is 0 Å². The molecule has 1 amide bonds. The fraction of sp³-hybridized carbons (Fsp3) is 0.889. The Balaban J connectivity index is 2.37. The molecule has 0 aliphatic heterocycles. The van der Waals surface area contributed by atoms with Crippen LogP contribution in [0.15, 0.2) is 0 Å². The second kappa shape index (κ2) is 4.46. The van der Waals surface area contributed by atoms with E-state index in [4.69, 9.17) is 10.8 Å². The van der Waals surface area contributed by atoms with Gasteiger partial charge in [-0.2, -0.15) is 0 Å². The highest BCUT2D eigenvalue weighted by molar-refractivity contribution is 5.64. The van der Waals surface area contributed by atoms with Crippen molar-refractivity contribution in [1.29, 1.82) is 0 Å². The van der Waals surface area contributed by atoms with E-state index in [1.54, 1.807) is 0 Å².